The quantitative estimate of drug-likeness (QED) is 0.616. The molecule has 1 aromatic heterocycles. The van der Waals surface area contributed by atoms with E-state index in [9.17, 15) is 4.79 Å². The highest BCUT2D eigenvalue weighted by atomic mass is 16.1. The van der Waals surface area contributed by atoms with Crippen LogP contribution in [-0.2, 0) is 0 Å². The Morgan fingerprint density at radius 2 is 2.23 bits per heavy atom. The predicted octanol–water partition coefficient (Wildman–Crippen LogP) is 2.36. The molecule has 2 heteroatoms. The molecule has 0 saturated heterocycles. The first-order chi connectivity index (χ1) is 6.31. The van der Waals surface area contributed by atoms with Crippen molar-refractivity contribution in [2.45, 2.75) is 6.92 Å². The summed E-state index contributed by atoms with van der Waals surface area (Å²) in [7, 11) is 0. The Morgan fingerprint density at radius 1 is 1.38 bits per heavy atom. The molecule has 64 valence electrons. The van der Waals surface area contributed by atoms with Gasteiger partial charge in [0.05, 0.1) is 0 Å². The monoisotopic (exact) mass is 171 g/mol. The lowest BCUT2D eigenvalue weighted by atomic mass is 10.0. The Kier molecular flexibility index (Phi) is 1.81. The van der Waals surface area contributed by atoms with E-state index in [2.05, 4.69) is 4.98 Å². The number of hydrogen-bond donors (Lipinski definition) is 0. The van der Waals surface area contributed by atoms with E-state index in [-0.39, 0.29) is 0 Å². The van der Waals surface area contributed by atoms with Crippen LogP contribution in [0.3, 0.4) is 0 Å². The lowest BCUT2D eigenvalue weighted by molar-refractivity contribution is 0.112. The zero-order valence-electron chi connectivity index (χ0n) is 7.32. The summed E-state index contributed by atoms with van der Waals surface area (Å²) in [6.45, 7) is 1.97. The van der Waals surface area contributed by atoms with Gasteiger partial charge < -0.3 is 0 Å². The van der Waals surface area contributed by atoms with Crippen molar-refractivity contribution in [2.24, 2.45) is 0 Å². The first kappa shape index (κ1) is 7.92. The minimum atomic E-state index is 0.734. The van der Waals surface area contributed by atoms with Gasteiger partial charge in [0, 0.05) is 23.3 Å². The largest absolute Gasteiger partial charge is 0.298 e. The van der Waals surface area contributed by atoms with E-state index in [0.717, 1.165) is 28.2 Å². The first-order valence-electron chi connectivity index (χ1n) is 4.11. The summed E-state index contributed by atoms with van der Waals surface area (Å²) in [6, 6.07) is 5.77. The number of carbonyl (C=O) groups is 1. The molecule has 0 spiro atoms. The topological polar surface area (TPSA) is 30.0 Å². The number of aldehydes is 1. The fraction of sp³-hybridized carbons (Fsp3) is 0.0909. The number of nitrogens with zero attached hydrogens (tertiary/aromatic N) is 1. The average molecular weight is 171 g/mol. The number of carbonyl (C=O) groups excluding carboxylic acids is 1. The summed E-state index contributed by atoms with van der Waals surface area (Å²) >= 11 is 0. The zero-order chi connectivity index (χ0) is 9.26. The molecule has 0 bridgehead atoms. The van der Waals surface area contributed by atoms with E-state index < -0.39 is 0 Å². The third-order valence-corrected chi connectivity index (χ3v) is 2.06. The standard InChI is InChI=1S/C11H9NO/c1-8-4-9-6-12-3-2-11(9)10(5-8)7-13/h2-7H,1H3. The van der Waals surface area contributed by atoms with Gasteiger partial charge >= 0.3 is 0 Å². The minimum absolute atomic E-state index is 0.734. The van der Waals surface area contributed by atoms with Crippen LogP contribution in [0.25, 0.3) is 10.8 Å². The molecule has 0 amide bonds. The van der Waals surface area contributed by atoms with Gasteiger partial charge in [-0.15, -0.1) is 0 Å². The number of benzene rings is 1. The second-order valence-electron chi connectivity index (χ2n) is 3.07. The molecular formula is C11H9NO. The summed E-state index contributed by atoms with van der Waals surface area (Å²) in [4.78, 5) is 14.8. The lowest BCUT2D eigenvalue weighted by Gasteiger charge is -2.01. The maximum Gasteiger partial charge on any atom is 0.150 e. The fourth-order valence-corrected chi connectivity index (χ4v) is 1.49. The molecule has 2 nitrogen and oxygen atoms in total. The van der Waals surface area contributed by atoms with Crippen LogP contribution in [0.2, 0.25) is 0 Å². The van der Waals surface area contributed by atoms with Crippen molar-refractivity contribution < 1.29 is 4.79 Å². The van der Waals surface area contributed by atoms with Crippen LogP contribution in [0.1, 0.15) is 15.9 Å². The molecule has 0 aliphatic carbocycles. The van der Waals surface area contributed by atoms with Gasteiger partial charge in [0.15, 0.2) is 6.29 Å². The maximum atomic E-state index is 10.8. The summed E-state index contributed by atoms with van der Waals surface area (Å²) in [5.41, 5.74) is 1.82. The molecule has 0 aliphatic rings. The molecule has 0 fully saturated rings. The Labute approximate surface area is 76.2 Å². The summed E-state index contributed by atoms with van der Waals surface area (Å²) < 4.78 is 0. The third-order valence-electron chi connectivity index (χ3n) is 2.06. The molecule has 1 heterocycles. The Hall–Kier alpha value is -1.70. The second kappa shape index (κ2) is 2.98. The van der Waals surface area contributed by atoms with Crippen LogP contribution in [0.15, 0.2) is 30.6 Å². The number of fused-ring (bicyclic) bond motifs is 1. The van der Waals surface area contributed by atoms with Gasteiger partial charge in [0.2, 0.25) is 0 Å². The van der Waals surface area contributed by atoms with E-state index in [1.54, 1.807) is 12.4 Å². The van der Waals surface area contributed by atoms with Gasteiger partial charge in [-0.05, 0) is 36.1 Å². The second-order valence-corrected chi connectivity index (χ2v) is 3.07. The van der Waals surface area contributed by atoms with Crippen molar-refractivity contribution in [3.63, 3.8) is 0 Å². The van der Waals surface area contributed by atoms with Gasteiger partial charge in [0.1, 0.15) is 0 Å². The van der Waals surface area contributed by atoms with Crippen LogP contribution in [0.5, 0.6) is 0 Å². The molecule has 0 atom stereocenters. The van der Waals surface area contributed by atoms with Crippen molar-refractivity contribution in [3.8, 4) is 0 Å². The van der Waals surface area contributed by atoms with Crippen molar-refractivity contribution in [1.29, 1.82) is 0 Å². The van der Waals surface area contributed by atoms with Gasteiger partial charge in [0.25, 0.3) is 0 Å². The van der Waals surface area contributed by atoms with Gasteiger partial charge in [-0.25, -0.2) is 0 Å². The summed E-state index contributed by atoms with van der Waals surface area (Å²) in [5.74, 6) is 0. The third kappa shape index (κ3) is 1.31. The van der Waals surface area contributed by atoms with E-state index >= 15 is 0 Å². The highest BCUT2D eigenvalue weighted by Gasteiger charge is 2.00. The van der Waals surface area contributed by atoms with E-state index in [1.165, 1.54) is 0 Å². The van der Waals surface area contributed by atoms with E-state index in [0.29, 0.717) is 0 Å². The van der Waals surface area contributed by atoms with Crippen molar-refractivity contribution in [3.05, 3.63) is 41.7 Å². The minimum Gasteiger partial charge on any atom is -0.298 e. The summed E-state index contributed by atoms with van der Waals surface area (Å²) in [6.07, 6.45) is 4.36. The Bertz CT molecular complexity index is 463. The highest BCUT2D eigenvalue weighted by Crippen LogP contribution is 2.18. The molecule has 1 aromatic carbocycles. The number of hydrogen-bond acceptors (Lipinski definition) is 2. The fourth-order valence-electron chi connectivity index (χ4n) is 1.49. The molecule has 0 saturated carbocycles. The Morgan fingerprint density at radius 3 is 3.00 bits per heavy atom. The van der Waals surface area contributed by atoms with E-state index in [1.807, 2.05) is 25.1 Å². The zero-order valence-corrected chi connectivity index (χ0v) is 7.32. The molecule has 0 N–H and O–H groups in total. The van der Waals surface area contributed by atoms with Gasteiger partial charge in [-0.2, -0.15) is 0 Å². The van der Waals surface area contributed by atoms with Crippen molar-refractivity contribution in [1.82, 2.24) is 4.98 Å². The van der Waals surface area contributed by atoms with Crippen molar-refractivity contribution >= 4 is 17.1 Å². The average Bonchev–Trinajstić information content (AvgIpc) is 2.16. The van der Waals surface area contributed by atoms with Gasteiger partial charge in [-0.1, -0.05) is 0 Å². The number of aromatic nitrogens is 1. The molecule has 0 aliphatic heterocycles. The normalized spacial score (nSPS) is 10.2. The van der Waals surface area contributed by atoms with Crippen LogP contribution < -0.4 is 0 Å². The van der Waals surface area contributed by atoms with Crippen molar-refractivity contribution in [2.75, 3.05) is 0 Å². The maximum absolute atomic E-state index is 10.8. The molecule has 0 unspecified atom stereocenters. The van der Waals surface area contributed by atoms with Crippen LogP contribution >= 0.6 is 0 Å². The molecule has 2 rings (SSSR count). The number of rotatable bonds is 1. The SMILES string of the molecule is Cc1cc(C=O)c2ccncc2c1. The molecule has 2 aromatic rings. The smallest absolute Gasteiger partial charge is 0.150 e. The lowest BCUT2D eigenvalue weighted by Crippen LogP contribution is -1.86. The molecular weight excluding hydrogens is 162 g/mol. The molecule has 13 heavy (non-hydrogen) atoms. The highest BCUT2D eigenvalue weighted by molar-refractivity contribution is 5.98. The van der Waals surface area contributed by atoms with Crippen LogP contribution in [-0.4, -0.2) is 11.3 Å². The summed E-state index contributed by atoms with van der Waals surface area (Å²) in [5, 5.41) is 1.99. The first-order valence-corrected chi connectivity index (χ1v) is 4.11. The predicted molar refractivity (Wildman–Crippen MR) is 51.9 cm³/mol. The Balaban J connectivity index is 2.89. The number of aryl methyl sites for hydroxylation is 1. The van der Waals surface area contributed by atoms with E-state index in [4.69, 9.17) is 0 Å². The van der Waals surface area contributed by atoms with Crippen LogP contribution in [0, 0.1) is 6.92 Å². The number of pyridine rings is 1. The van der Waals surface area contributed by atoms with Crippen LogP contribution in [0.4, 0.5) is 0 Å². The molecule has 0 radical (unpaired) electrons. The van der Waals surface area contributed by atoms with Gasteiger partial charge in [-0.3, -0.25) is 9.78 Å².